The highest BCUT2D eigenvalue weighted by Gasteiger charge is 2.12. The van der Waals surface area contributed by atoms with E-state index in [-0.39, 0.29) is 5.56 Å². The molecule has 2 N–H and O–H groups in total. The van der Waals surface area contributed by atoms with Gasteiger partial charge in [-0.15, -0.1) is 0 Å². The third kappa shape index (κ3) is 6.56. The van der Waals surface area contributed by atoms with Crippen LogP contribution in [0, 0.1) is 0 Å². The number of benzene rings is 3. The van der Waals surface area contributed by atoms with Gasteiger partial charge in [0, 0.05) is 13.1 Å². The average molecular weight is 389 g/mol. The minimum Gasteiger partial charge on any atom is -0.478 e. The molecule has 0 aliphatic rings. The van der Waals surface area contributed by atoms with E-state index < -0.39 is 12.1 Å². The van der Waals surface area contributed by atoms with E-state index in [9.17, 15) is 9.90 Å². The van der Waals surface area contributed by atoms with Crippen LogP contribution in [-0.2, 0) is 13.1 Å². The summed E-state index contributed by atoms with van der Waals surface area (Å²) in [7, 11) is 0. The van der Waals surface area contributed by atoms with Crippen LogP contribution in [0.1, 0.15) is 46.0 Å². The molecule has 0 amide bonds. The first-order valence-electron chi connectivity index (χ1n) is 9.93. The fraction of sp³-hybridized carbons (Fsp3) is 0.240. The molecule has 0 saturated heterocycles. The Morgan fingerprint density at radius 1 is 0.793 bits per heavy atom. The molecule has 0 heterocycles. The Hall–Kier alpha value is -2.95. The summed E-state index contributed by atoms with van der Waals surface area (Å²) in [6, 6.07) is 27.3. The van der Waals surface area contributed by atoms with Crippen LogP contribution >= 0.6 is 0 Å². The number of carboxylic acid groups (broad SMARTS) is 1. The number of hydrogen-bond donors (Lipinski definition) is 2. The second-order valence-electron chi connectivity index (χ2n) is 7.27. The average Bonchev–Trinajstić information content (AvgIpc) is 2.75. The van der Waals surface area contributed by atoms with Crippen molar-refractivity contribution in [3.8, 4) is 0 Å². The van der Waals surface area contributed by atoms with Crippen molar-refractivity contribution in [2.45, 2.75) is 32.0 Å². The molecule has 0 spiro atoms. The highest BCUT2D eigenvalue weighted by atomic mass is 16.4. The molecule has 4 nitrogen and oxygen atoms in total. The Kier molecular flexibility index (Phi) is 7.56. The van der Waals surface area contributed by atoms with Crippen molar-refractivity contribution in [1.82, 2.24) is 4.90 Å². The van der Waals surface area contributed by atoms with E-state index in [2.05, 4.69) is 53.4 Å². The van der Waals surface area contributed by atoms with Crippen LogP contribution in [0.2, 0.25) is 0 Å². The maximum Gasteiger partial charge on any atom is 0.335 e. The molecule has 0 saturated carbocycles. The van der Waals surface area contributed by atoms with Gasteiger partial charge < -0.3 is 10.2 Å². The van der Waals surface area contributed by atoms with E-state index in [1.54, 1.807) is 12.1 Å². The minimum absolute atomic E-state index is 0.234. The first-order chi connectivity index (χ1) is 14.1. The molecule has 0 radical (unpaired) electrons. The topological polar surface area (TPSA) is 60.8 Å². The fourth-order valence-corrected chi connectivity index (χ4v) is 3.42. The van der Waals surface area contributed by atoms with Gasteiger partial charge in [-0.3, -0.25) is 4.90 Å². The Labute approximate surface area is 172 Å². The molecule has 0 bridgehead atoms. The molecule has 0 aliphatic heterocycles. The molecule has 150 valence electrons. The molecule has 3 aromatic carbocycles. The molecule has 1 atom stereocenters. The standard InChI is InChI=1S/C25H27NO3/c27-24(22-13-15-23(16-14-22)25(28)29)12-7-17-26(18-20-8-3-1-4-9-20)19-21-10-5-2-6-11-21/h1-6,8-11,13-16,24,27H,7,12,17-19H2,(H,28,29)/t24-/m1/s1. The molecule has 0 aliphatic carbocycles. The Bertz CT molecular complexity index is 837. The molecular weight excluding hydrogens is 362 g/mol. The van der Waals surface area contributed by atoms with Crippen LogP contribution in [-0.4, -0.2) is 27.6 Å². The van der Waals surface area contributed by atoms with Gasteiger partial charge in [0.2, 0.25) is 0 Å². The quantitative estimate of drug-likeness (QED) is 0.518. The van der Waals surface area contributed by atoms with Crippen molar-refractivity contribution < 1.29 is 15.0 Å². The van der Waals surface area contributed by atoms with Crippen LogP contribution in [0.15, 0.2) is 84.9 Å². The highest BCUT2D eigenvalue weighted by molar-refractivity contribution is 5.87. The van der Waals surface area contributed by atoms with Gasteiger partial charge in [-0.1, -0.05) is 72.8 Å². The van der Waals surface area contributed by atoms with Gasteiger partial charge in [0.05, 0.1) is 11.7 Å². The van der Waals surface area contributed by atoms with Crippen molar-refractivity contribution in [2.75, 3.05) is 6.54 Å². The van der Waals surface area contributed by atoms with Crippen LogP contribution < -0.4 is 0 Å². The number of aromatic carboxylic acids is 1. The summed E-state index contributed by atoms with van der Waals surface area (Å²) in [5.74, 6) is -0.955. The summed E-state index contributed by atoms with van der Waals surface area (Å²) in [6.07, 6.45) is 0.890. The predicted octanol–water partition coefficient (Wildman–Crippen LogP) is 4.90. The number of hydrogen-bond acceptors (Lipinski definition) is 3. The van der Waals surface area contributed by atoms with Gasteiger partial charge >= 0.3 is 5.97 Å². The van der Waals surface area contributed by atoms with Crippen LogP contribution in [0.25, 0.3) is 0 Å². The summed E-state index contributed by atoms with van der Waals surface area (Å²) in [5, 5.41) is 19.5. The maximum absolute atomic E-state index is 11.0. The van der Waals surface area contributed by atoms with E-state index in [1.807, 2.05) is 12.1 Å². The monoisotopic (exact) mass is 389 g/mol. The normalized spacial score (nSPS) is 12.1. The number of aliphatic hydroxyl groups excluding tert-OH is 1. The zero-order chi connectivity index (χ0) is 20.5. The fourth-order valence-electron chi connectivity index (χ4n) is 3.42. The van der Waals surface area contributed by atoms with E-state index >= 15 is 0 Å². The summed E-state index contributed by atoms with van der Waals surface area (Å²) in [5.41, 5.74) is 3.53. The van der Waals surface area contributed by atoms with Crippen LogP contribution in [0.3, 0.4) is 0 Å². The van der Waals surface area contributed by atoms with Gasteiger partial charge in [-0.05, 0) is 48.2 Å². The second kappa shape index (κ2) is 10.6. The summed E-state index contributed by atoms with van der Waals surface area (Å²) < 4.78 is 0. The van der Waals surface area contributed by atoms with Gasteiger partial charge in [-0.2, -0.15) is 0 Å². The Morgan fingerprint density at radius 2 is 1.31 bits per heavy atom. The van der Waals surface area contributed by atoms with E-state index in [0.717, 1.165) is 31.6 Å². The number of nitrogens with zero attached hydrogens (tertiary/aromatic N) is 1. The van der Waals surface area contributed by atoms with Crippen LogP contribution in [0.5, 0.6) is 0 Å². The second-order valence-corrected chi connectivity index (χ2v) is 7.27. The van der Waals surface area contributed by atoms with Crippen molar-refractivity contribution in [1.29, 1.82) is 0 Å². The number of carboxylic acids is 1. The predicted molar refractivity (Wildman–Crippen MR) is 115 cm³/mol. The first kappa shape index (κ1) is 20.8. The lowest BCUT2D eigenvalue weighted by atomic mass is 10.0. The van der Waals surface area contributed by atoms with Crippen molar-refractivity contribution in [3.63, 3.8) is 0 Å². The third-order valence-corrected chi connectivity index (χ3v) is 4.99. The van der Waals surface area contributed by atoms with E-state index in [4.69, 9.17) is 5.11 Å². The lowest BCUT2D eigenvalue weighted by molar-refractivity contribution is 0.0696. The van der Waals surface area contributed by atoms with Gasteiger partial charge in [-0.25, -0.2) is 4.79 Å². The number of aliphatic hydroxyl groups is 1. The van der Waals surface area contributed by atoms with Gasteiger partial charge in [0.1, 0.15) is 0 Å². The number of rotatable bonds is 10. The Morgan fingerprint density at radius 3 is 1.79 bits per heavy atom. The molecule has 29 heavy (non-hydrogen) atoms. The zero-order valence-corrected chi connectivity index (χ0v) is 16.4. The van der Waals surface area contributed by atoms with Crippen LogP contribution in [0.4, 0.5) is 0 Å². The number of carbonyl (C=O) groups is 1. The summed E-state index contributed by atoms with van der Waals surface area (Å²) >= 11 is 0. The molecular formula is C25H27NO3. The lowest BCUT2D eigenvalue weighted by Gasteiger charge is -2.23. The largest absolute Gasteiger partial charge is 0.478 e. The van der Waals surface area contributed by atoms with Crippen molar-refractivity contribution >= 4 is 5.97 Å². The third-order valence-electron chi connectivity index (χ3n) is 4.99. The molecule has 3 rings (SSSR count). The molecule has 3 aromatic rings. The van der Waals surface area contributed by atoms with E-state index in [1.165, 1.54) is 23.3 Å². The molecule has 4 heteroatoms. The minimum atomic E-state index is -0.955. The summed E-state index contributed by atoms with van der Waals surface area (Å²) in [6.45, 7) is 2.59. The molecule has 0 fully saturated rings. The van der Waals surface area contributed by atoms with Crippen molar-refractivity contribution in [3.05, 3.63) is 107 Å². The first-order valence-corrected chi connectivity index (χ1v) is 9.93. The SMILES string of the molecule is O=C(O)c1ccc([C@H](O)CCCN(Cc2ccccc2)Cc2ccccc2)cc1. The van der Waals surface area contributed by atoms with Gasteiger partial charge in [0.15, 0.2) is 0 Å². The summed E-state index contributed by atoms with van der Waals surface area (Å²) in [4.78, 5) is 13.4. The molecule has 0 unspecified atom stereocenters. The van der Waals surface area contributed by atoms with E-state index in [0.29, 0.717) is 6.42 Å². The zero-order valence-electron chi connectivity index (χ0n) is 16.4. The highest BCUT2D eigenvalue weighted by Crippen LogP contribution is 2.20. The van der Waals surface area contributed by atoms with Gasteiger partial charge in [0.25, 0.3) is 0 Å². The smallest absolute Gasteiger partial charge is 0.335 e. The van der Waals surface area contributed by atoms with Crippen molar-refractivity contribution in [2.24, 2.45) is 0 Å². The maximum atomic E-state index is 11.0. The Balaban J connectivity index is 1.57. The molecule has 0 aromatic heterocycles. The lowest BCUT2D eigenvalue weighted by Crippen LogP contribution is -2.24.